The molecular weight excluding hydrogens is 364 g/mol. The minimum atomic E-state index is -0.0610. The van der Waals surface area contributed by atoms with Crippen LogP contribution >= 0.6 is 34.4 Å². The quantitative estimate of drug-likeness (QED) is 0.481. The van der Waals surface area contributed by atoms with Crippen LogP contribution in [0, 0.1) is 0 Å². The predicted octanol–water partition coefficient (Wildman–Crippen LogP) is 2.34. The molecule has 0 saturated carbocycles. The monoisotopic (exact) mass is 376 g/mol. The van der Waals surface area contributed by atoms with Gasteiger partial charge in [-0.3, -0.25) is 9.20 Å². The van der Waals surface area contributed by atoms with E-state index in [1.807, 2.05) is 11.4 Å². The van der Waals surface area contributed by atoms with E-state index < -0.39 is 0 Å². The number of hydrogen-bond donors (Lipinski definition) is 0. The van der Waals surface area contributed by atoms with Gasteiger partial charge in [0.1, 0.15) is 0 Å². The Morgan fingerprint density at radius 2 is 2.21 bits per heavy atom. The molecule has 0 radical (unpaired) electrons. The van der Waals surface area contributed by atoms with Crippen molar-refractivity contribution in [3.05, 3.63) is 56.1 Å². The smallest absolute Gasteiger partial charge is 0.258 e. The van der Waals surface area contributed by atoms with Gasteiger partial charge in [-0.25, -0.2) is 9.67 Å². The van der Waals surface area contributed by atoms with Crippen LogP contribution in [0.2, 0.25) is 0 Å². The van der Waals surface area contributed by atoms with Crippen LogP contribution < -0.4 is 5.56 Å². The van der Waals surface area contributed by atoms with Gasteiger partial charge in [-0.2, -0.15) is 0 Å². The van der Waals surface area contributed by atoms with Crippen LogP contribution in [0.15, 0.2) is 45.1 Å². The van der Waals surface area contributed by atoms with E-state index in [1.165, 1.54) is 28.0 Å². The first-order valence-electron chi connectivity index (χ1n) is 7.17. The Hall–Kier alpha value is -2.04. The molecule has 0 fully saturated rings. The highest BCUT2D eigenvalue weighted by molar-refractivity contribution is 7.98. The van der Waals surface area contributed by atoms with Crippen LogP contribution in [0.25, 0.3) is 4.96 Å². The number of hydrogen-bond acceptors (Lipinski definition) is 8. The molecule has 0 aliphatic heterocycles. The summed E-state index contributed by atoms with van der Waals surface area (Å²) in [5.74, 6) is 0.559. The second kappa shape index (κ2) is 6.83. The molecule has 0 aromatic carbocycles. The molecule has 0 spiro atoms. The highest BCUT2D eigenvalue weighted by Gasteiger charge is 2.10. The lowest BCUT2D eigenvalue weighted by Gasteiger charge is -2.03. The van der Waals surface area contributed by atoms with Gasteiger partial charge >= 0.3 is 0 Å². The molecule has 0 atom stereocenters. The number of nitrogens with zero attached hydrogens (tertiary/aromatic N) is 6. The third kappa shape index (κ3) is 3.25. The fourth-order valence-corrected chi connectivity index (χ4v) is 4.44. The van der Waals surface area contributed by atoms with Crippen molar-refractivity contribution in [2.24, 2.45) is 0 Å². The molecule has 0 aliphatic carbocycles. The number of aryl methyl sites for hydroxylation is 2. The molecule has 0 N–H and O–H groups in total. The van der Waals surface area contributed by atoms with Crippen LogP contribution in [0.5, 0.6) is 0 Å². The Labute approximate surface area is 149 Å². The summed E-state index contributed by atoms with van der Waals surface area (Å²) in [5, 5.41) is 16.5. The number of thiazole rings is 1. The molecular formula is C14H12N6OS3. The first-order chi connectivity index (χ1) is 11.8. The maximum atomic E-state index is 12.0. The first-order valence-corrected chi connectivity index (χ1v) is 9.91. The Morgan fingerprint density at radius 1 is 1.25 bits per heavy atom. The molecule has 7 nitrogen and oxygen atoms in total. The summed E-state index contributed by atoms with van der Waals surface area (Å²) in [6.45, 7) is 0.732. The van der Waals surface area contributed by atoms with Crippen molar-refractivity contribution in [2.75, 3.05) is 0 Å². The highest BCUT2D eigenvalue weighted by atomic mass is 32.2. The Bertz CT molecular complexity index is 1000. The van der Waals surface area contributed by atoms with Crippen LogP contribution in [0.1, 0.15) is 10.6 Å². The van der Waals surface area contributed by atoms with Crippen molar-refractivity contribution < 1.29 is 0 Å². The van der Waals surface area contributed by atoms with E-state index in [9.17, 15) is 4.79 Å². The van der Waals surface area contributed by atoms with Crippen LogP contribution in [-0.4, -0.2) is 29.6 Å². The van der Waals surface area contributed by atoms with E-state index in [4.69, 9.17) is 0 Å². The number of thiophene rings is 1. The number of aromatic nitrogens is 6. The molecule has 10 heteroatoms. The molecule has 0 amide bonds. The lowest BCUT2D eigenvalue weighted by Crippen LogP contribution is -2.12. The Kier molecular flexibility index (Phi) is 4.41. The largest absolute Gasteiger partial charge is 0.269 e. The average Bonchev–Trinajstić information content (AvgIpc) is 3.31. The number of thioether (sulfide) groups is 1. The van der Waals surface area contributed by atoms with E-state index in [0.29, 0.717) is 10.7 Å². The molecule has 122 valence electrons. The molecule has 4 rings (SSSR count). The second-order valence-electron chi connectivity index (χ2n) is 4.94. The van der Waals surface area contributed by atoms with Gasteiger partial charge in [-0.15, -0.1) is 27.8 Å². The SMILES string of the molecule is O=c1cc(CSc2nnnn2CCc2cccs2)nc2sccn12. The van der Waals surface area contributed by atoms with E-state index in [1.54, 1.807) is 32.7 Å². The minimum absolute atomic E-state index is 0.0610. The number of tetrazole rings is 1. The van der Waals surface area contributed by atoms with Crippen molar-refractivity contribution in [1.29, 1.82) is 0 Å². The van der Waals surface area contributed by atoms with Crippen molar-refractivity contribution in [2.45, 2.75) is 23.9 Å². The van der Waals surface area contributed by atoms with Crippen LogP contribution in [0.3, 0.4) is 0 Å². The Morgan fingerprint density at radius 3 is 3.08 bits per heavy atom. The van der Waals surface area contributed by atoms with Gasteiger partial charge in [0.15, 0.2) is 4.96 Å². The van der Waals surface area contributed by atoms with E-state index in [2.05, 4.69) is 32.0 Å². The normalized spacial score (nSPS) is 11.3. The van der Waals surface area contributed by atoms with Gasteiger partial charge < -0.3 is 0 Å². The predicted molar refractivity (Wildman–Crippen MR) is 94.7 cm³/mol. The van der Waals surface area contributed by atoms with Crippen molar-refractivity contribution >= 4 is 39.4 Å². The van der Waals surface area contributed by atoms with E-state index >= 15 is 0 Å². The summed E-state index contributed by atoms with van der Waals surface area (Å²) in [7, 11) is 0. The lowest BCUT2D eigenvalue weighted by atomic mass is 10.3. The number of fused-ring (bicyclic) bond motifs is 1. The fraction of sp³-hybridized carbons (Fsp3) is 0.214. The molecule has 4 aromatic heterocycles. The second-order valence-corrected chi connectivity index (χ2v) is 7.79. The van der Waals surface area contributed by atoms with Gasteiger partial charge in [-0.1, -0.05) is 17.8 Å². The lowest BCUT2D eigenvalue weighted by molar-refractivity contribution is 0.550. The van der Waals surface area contributed by atoms with E-state index in [-0.39, 0.29) is 5.56 Å². The molecule has 0 saturated heterocycles. The zero-order chi connectivity index (χ0) is 16.4. The van der Waals surface area contributed by atoms with E-state index in [0.717, 1.165) is 23.8 Å². The van der Waals surface area contributed by atoms with Gasteiger partial charge in [-0.05, 0) is 21.9 Å². The summed E-state index contributed by atoms with van der Waals surface area (Å²) in [6, 6.07) is 5.71. The molecule has 24 heavy (non-hydrogen) atoms. The average molecular weight is 376 g/mol. The van der Waals surface area contributed by atoms with Crippen LogP contribution in [0.4, 0.5) is 0 Å². The van der Waals surface area contributed by atoms with Crippen molar-refractivity contribution in [3.8, 4) is 0 Å². The zero-order valence-corrected chi connectivity index (χ0v) is 14.9. The van der Waals surface area contributed by atoms with Gasteiger partial charge in [0, 0.05) is 34.7 Å². The maximum absolute atomic E-state index is 12.0. The highest BCUT2D eigenvalue weighted by Crippen LogP contribution is 2.20. The first kappa shape index (κ1) is 15.5. The third-order valence-electron chi connectivity index (χ3n) is 3.35. The molecule has 4 aromatic rings. The number of rotatable bonds is 6. The molecule has 0 aliphatic rings. The topological polar surface area (TPSA) is 78.0 Å². The molecule has 0 bridgehead atoms. The zero-order valence-electron chi connectivity index (χ0n) is 12.4. The fourth-order valence-electron chi connectivity index (χ4n) is 2.21. The summed E-state index contributed by atoms with van der Waals surface area (Å²) >= 11 is 4.66. The summed E-state index contributed by atoms with van der Waals surface area (Å²) in [4.78, 5) is 18.5. The Balaban J connectivity index is 1.45. The van der Waals surface area contributed by atoms with Gasteiger partial charge in [0.2, 0.25) is 5.16 Å². The van der Waals surface area contributed by atoms with Crippen molar-refractivity contribution in [1.82, 2.24) is 29.6 Å². The molecule has 0 unspecified atom stereocenters. The molecule has 4 heterocycles. The minimum Gasteiger partial charge on any atom is -0.269 e. The van der Waals surface area contributed by atoms with Crippen LogP contribution in [-0.2, 0) is 18.7 Å². The maximum Gasteiger partial charge on any atom is 0.258 e. The summed E-state index contributed by atoms with van der Waals surface area (Å²) < 4.78 is 3.34. The standard InChI is InChI=1S/C14H12N6OS3/c21-12-8-10(15-13-19(12)5-7-23-13)9-24-14-16-17-18-20(14)4-3-11-2-1-6-22-11/h1-2,5-8H,3-4,9H2. The third-order valence-corrected chi connectivity index (χ3v) is 6.04. The van der Waals surface area contributed by atoms with Gasteiger partial charge in [0.05, 0.1) is 12.2 Å². The van der Waals surface area contributed by atoms with Crippen molar-refractivity contribution in [3.63, 3.8) is 0 Å². The summed E-state index contributed by atoms with van der Waals surface area (Å²) in [6.07, 6.45) is 2.63. The summed E-state index contributed by atoms with van der Waals surface area (Å²) in [5.41, 5.74) is 0.675. The van der Waals surface area contributed by atoms with Gasteiger partial charge in [0.25, 0.3) is 5.56 Å².